The normalized spacial score (nSPS) is 12.3. The second-order valence-electron chi connectivity index (χ2n) is 6.37. The zero-order chi connectivity index (χ0) is 17.6. The third kappa shape index (κ3) is 4.12. The number of hydrogen-bond donors (Lipinski definition) is 0. The summed E-state index contributed by atoms with van der Waals surface area (Å²) < 4.78 is 11.5. The summed E-state index contributed by atoms with van der Waals surface area (Å²) in [5.74, 6) is 1.83. The Morgan fingerprint density at radius 2 is 1.68 bits per heavy atom. The molecule has 0 aliphatic carbocycles. The van der Waals surface area contributed by atoms with Gasteiger partial charge >= 0.3 is 0 Å². The molecule has 3 aromatic rings. The molecule has 0 spiro atoms. The summed E-state index contributed by atoms with van der Waals surface area (Å²) in [6, 6.07) is 23.1. The monoisotopic (exact) mass is 335 g/mol. The van der Waals surface area contributed by atoms with Crippen LogP contribution in [-0.2, 0) is 0 Å². The summed E-state index contributed by atoms with van der Waals surface area (Å²) in [5, 5.41) is 2.37. The van der Waals surface area contributed by atoms with Crippen molar-refractivity contribution in [3.8, 4) is 11.5 Å². The van der Waals surface area contributed by atoms with Gasteiger partial charge in [0, 0.05) is 17.8 Å². The van der Waals surface area contributed by atoms with Crippen LogP contribution in [0.25, 0.3) is 10.8 Å². The molecule has 0 heterocycles. The minimum atomic E-state index is 0.282. The van der Waals surface area contributed by atoms with E-state index in [2.05, 4.69) is 55.4 Å². The maximum atomic E-state index is 6.12. The molecule has 0 aromatic heterocycles. The lowest BCUT2D eigenvalue weighted by atomic mass is 10.0. The van der Waals surface area contributed by atoms with Crippen molar-refractivity contribution in [2.24, 2.45) is 0 Å². The molecule has 0 aliphatic heterocycles. The second-order valence-corrected chi connectivity index (χ2v) is 6.37. The highest BCUT2D eigenvalue weighted by molar-refractivity contribution is 5.88. The Morgan fingerprint density at radius 1 is 0.920 bits per heavy atom. The van der Waals surface area contributed by atoms with Gasteiger partial charge in [-0.15, -0.1) is 0 Å². The first kappa shape index (κ1) is 17.3. The van der Waals surface area contributed by atoms with Crippen LogP contribution in [0.3, 0.4) is 0 Å². The fourth-order valence-corrected chi connectivity index (χ4v) is 3.17. The van der Waals surface area contributed by atoms with Gasteiger partial charge in [-0.3, -0.25) is 0 Å². The maximum absolute atomic E-state index is 6.12. The average molecular weight is 335 g/mol. The lowest BCUT2D eigenvalue weighted by molar-refractivity contribution is 0.224. The highest BCUT2D eigenvalue weighted by atomic mass is 16.5. The van der Waals surface area contributed by atoms with E-state index in [9.17, 15) is 0 Å². The fourth-order valence-electron chi connectivity index (χ4n) is 3.17. The zero-order valence-corrected chi connectivity index (χ0v) is 15.1. The molecule has 1 atom stereocenters. The van der Waals surface area contributed by atoms with Crippen molar-refractivity contribution in [2.75, 3.05) is 27.8 Å². The van der Waals surface area contributed by atoms with Crippen molar-refractivity contribution in [1.82, 2.24) is 4.90 Å². The van der Waals surface area contributed by atoms with E-state index < -0.39 is 0 Å². The molecule has 3 nitrogen and oxygen atoms in total. The van der Waals surface area contributed by atoms with E-state index in [-0.39, 0.29) is 6.04 Å². The summed E-state index contributed by atoms with van der Waals surface area (Å²) in [4.78, 5) is 2.22. The largest absolute Gasteiger partial charge is 0.497 e. The number of benzene rings is 3. The van der Waals surface area contributed by atoms with Gasteiger partial charge in [0.2, 0.25) is 0 Å². The molecule has 0 bridgehead atoms. The summed E-state index contributed by atoms with van der Waals surface area (Å²) in [5.41, 5.74) is 1.24. The number of hydrogen-bond acceptors (Lipinski definition) is 3. The molecule has 1 unspecified atom stereocenters. The standard InChI is InChI=1S/C22H25NO2/c1-23(2)21(18-10-6-11-19(16-18)24-3)14-15-25-22-13-7-9-17-8-4-5-12-20(17)22/h4-13,16,21H,14-15H2,1-3H3. The first-order chi connectivity index (χ1) is 12.2. The highest BCUT2D eigenvalue weighted by Crippen LogP contribution is 2.28. The van der Waals surface area contributed by atoms with Gasteiger partial charge < -0.3 is 14.4 Å². The van der Waals surface area contributed by atoms with E-state index >= 15 is 0 Å². The summed E-state index contributed by atoms with van der Waals surface area (Å²) >= 11 is 0. The molecule has 3 aromatic carbocycles. The number of methoxy groups -OCH3 is 1. The zero-order valence-electron chi connectivity index (χ0n) is 15.1. The Morgan fingerprint density at radius 3 is 2.48 bits per heavy atom. The lowest BCUT2D eigenvalue weighted by Crippen LogP contribution is -2.22. The molecule has 0 aliphatic rings. The van der Waals surface area contributed by atoms with Crippen molar-refractivity contribution in [3.63, 3.8) is 0 Å². The van der Waals surface area contributed by atoms with Crippen LogP contribution in [0.4, 0.5) is 0 Å². The molecule has 3 rings (SSSR count). The predicted octanol–water partition coefficient (Wildman–Crippen LogP) is 4.92. The van der Waals surface area contributed by atoms with Gasteiger partial charge in [0.15, 0.2) is 0 Å². The molecule has 0 amide bonds. The molecular weight excluding hydrogens is 310 g/mol. The van der Waals surface area contributed by atoms with Crippen molar-refractivity contribution < 1.29 is 9.47 Å². The van der Waals surface area contributed by atoms with E-state index in [1.54, 1.807) is 7.11 Å². The smallest absolute Gasteiger partial charge is 0.127 e. The van der Waals surface area contributed by atoms with Crippen LogP contribution in [-0.4, -0.2) is 32.7 Å². The van der Waals surface area contributed by atoms with Crippen LogP contribution in [0.15, 0.2) is 66.7 Å². The predicted molar refractivity (Wildman–Crippen MR) is 103 cm³/mol. The lowest BCUT2D eigenvalue weighted by Gasteiger charge is -2.25. The van der Waals surface area contributed by atoms with E-state index in [1.807, 2.05) is 30.3 Å². The molecule has 0 saturated heterocycles. The first-order valence-corrected chi connectivity index (χ1v) is 8.60. The minimum Gasteiger partial charge on any atom is -0.497 e. The van der Waals surface area contributed by atoms with Crippen molar-refractivity contribution in [2.45, 2.75) is 12.5 Å². The second kappa shape index (κ2) is 8.04. The third-order valence-corrected chi connectivity index (χ3v) is 4.50. The quantitative estimate of drug-likeness (QED) is 0.612. The van der Waals surface area contributed by atoms with Crippen molar-refractivity contribution in [3.05, 3.63) is 72.3 Å². The van der Waals surface area contributed by atoms with Gasteiger partial charge in [-0.25, -0.2) is 0 Å². The van der Waals surface area contributed by atoms with Gasteiger partial charge in [0.1, 0.15) is 11.5 Å². The Balaban J connectivity index is 1.71. The Hall–Kier alpha value is -2.52. The van der Waals surface area contributed by atoms with Crippen molar-refractivity contribution >= 4 is 10.8 Å². The van der Waals surface area contributed by atoms with E-state index in [0.29, 0.717) is 6.61 Å². The Bertz CT molecular complexity index is 824. The highest BCUT2D eigenvalue weighted by Gasteiger charge is 2.15. The molecule has 0 radical (unpaired) electrons. The summed E-state index contributed by atoms with van der Waals surface area (Å²) in [7, 11) is 5.90. The van der Waals surface area contributed by atoms with Gasteiger partial charge in [0.05, 0.1) is 13.7 Å². The third-order valence-electron chi connectivity index (χ3n) is 4.50. The van der Waals surface area contributed by atoms with Gasteiger partial charge in [0.25, 0.3) is 0 Å². The van der Waals surface area contributed by atoms with Crippen LogP contribution in [0.1, 0.15) is 18.0 Å². The maximum Gasteiger partial charge on any atom is 0.127 e. The number of fused-ring (bicyclic) bond motifs is 1. The molecular formula is C22H25NO2. The van der Waals surface area contributed by atoms with Crippen LogP contribution in [0.5, 0.6) is 11.5 Å². The SMILES string of the molecule is COc1cccc(C(CCOc2cccc3ccccc23)N(C)C)c1. The number of nitrogens with zero attached hydrogens (tertiary/aromatic N) is 1. The van der Waals surface area contributed by atoms with E-state index in [1.165, 1.54) is 10.9 Å². The number of rotatable bonds is 7. The summed E-state index contributed by atoms with van der Waals surface area (Å²) in [6.07, 6.45) is 0.906. The molecule has 130 valence electrons. The van der Waals surface area contributed by atoms with Crippen LogP contribution >= 0.6 is 0 Å². The van der Waals surface area contributed by atoms with E-state index in [0.717, 1.165) is 23.3 Å². The molecule has 25 heavy (non-hydrogen) atoms. The minimum absolute atomic E-state index is 0.282. The topological polar surface area (TPSA) is 21.7 Å². The van der Waals surface area contributed by atoms with Gasteiger partial charge in [-0.1, -0.05) is 48.5 Å². The van der Waals surface area contributed by atoms with Crippen LogP contribution in [0, 0.1) is 0 Å². The number of ether oxygens (including phenoxy) is 2. The molecule has 0 N–H and O–H groups in total. The molecule has 0 saturated carbocycles. The van der Waals surface area contributed by atoms with Gasteiger partial charge in [-0.05, 0) is 43.2 Å². The first-order valence-electron chi connectivity index (χ1n) is 8.60. The molecule has 0 fully saturated rings. The van der Waals surface area contributed by atoms with Gasteiger partial charge in [-0.2, -0.15) is 0 Å². The fraction of sp³-hybridized carbons (Fsp3) is 0.273. The van der Waals surface area contributed by atoms with Crippen LogP contribution < -0.4 is 9.47 Å². The van der Waals surface area contributed by atoms with Crippen molar-refractivity contribution in [1.29, 1.82) is 0 Å². The Kier molecular flexibility index (Phi) is 5.56. The van der Waals surface area contributed by atoms with Crippen LogP contribution in [0.2, 0.25) is 0 Å². The Labute approximate surface area is 149 Å². The average Bonchev–Trinajstić information content (AvgIpc) is 2.65. The van der Waals surface area contributed by atoms with E-state index in [4.69, 9.17) is 9.47 Å². The molecule has 3 heteroatoms. The summed E-state index contributed by atoms with van der Waals surface area (Å²) in [6.45, 7) is 0.661.